The van der Waals surface area contributed by atoms with E-state index in [-0.39, 0.29) is 0 Å². The highest BCUT2D eigenvalue weighted by molar-refractivity contribution is 6.55. The second kappa shape index (κ2) is 6.95. The summed E-state index contributed by atoms with van der Waals surface area (Å²) in [4.78, 5) is 12.4. The van der Waals surface area contributed by atoms with Crippen LogP contribution in [0.5, 0.6) is 0 Å². The first kappa shape index (κ1) is 12.5. The van der Waals surface area contributed by atoms with Crippen LogP contribution in [0.25, 0.3) is 0 Å². The van der Waals surface area contributed by atoms with Crippen molar-refractivity contribution in [3.8, 4) is 0 Å². The number of ether oxygens (including phenoxy) is 1. The van der Waals surface area contributed by atoms with Crippen LogP contribution in [0.3, 0.4) is 0 Å². The third kappa shape index (κ3) is 9.41. The van der Waals surface area contributed by atoms with E-state index in [0.29, 0.717) is 12.5 Å². The quantitative estimate of drug-likeness (QED) is 0.580. The molecule has 0 N–H and O–H groups in total. The van der Waals surface area contributed by atoms with Gasteiger partial charge in [-0.3, -0.25) is 4.79 Å². The predicted octanol–water partition coefficient (Wildman–Crippen LogP) is 1.27. The highest BCUT2D eigenvalue weighted by Crippen LogP contribution is 1.99. The molecule has 74 valence electrons. The van der Waals surface area contributed by atoms with Crippen molar-refractivity contribution in [3.63, 3.8) is 0 Å². The fourth-order valence-corrected chi connectivity index (χ4v) is 0.892. The number of nitrogens with zero attached hydrogens (tertiary/aromatic N) is 1. The molecule has 0 heterocycles. The van der Waals surface area contributed by atoms with Crippen molar-refractivity contribution in [2.45, 2.75) is 20.3 Å². The Morgan fingerprint density at radius 2 is 2.08 bits per heavy atom. The summed E-state index contributed by atoms with van der Waals surface area (Å²) >= 11 is 0. The third-order valence-corrected chi connectivity index (χ3v) is 1.81. The van der Waals surface area contributed by atoms with E-state index >= 15 is 0 Å². The van der Waals surface area contributed by atoms with Gasteiger partial charge in [0.25, 0.3) is 0 Å². The van der Waals surface area contributed by atoms with Crippen molar-refractivity contribution in [1.29, 1.82) is 0 Å². The molecule has 3 nitrogen and oxygen atoms in total. The second-order valence-corrected chi connectivity index (χ2v) is 3.65. The molecular weight excluding hydrogens is 165 g/mol. The maximum Gasteiger partial charge on any atom is 0.235 e. The molecule has 0 rings (SSSR count). The van der Waals surface area contributed by atoms with Gasteiger partial charge in [-0.25, -0.2) is 0 Å². The first-order valence-corrected chi connectivity index (χ1v) is 4.63. The molecule has 0 aromatic heterocycles. The molecule has 0 atom stereocenters. The fourth-order valence-electron chi connectivity index (χ4n) is 0.892. The molecule has 0 saturated heterocycles. The van der Waals surface area contributed by atoms with Gasteiger partial charge in [0, 0.05) is 6.54 Å². The van der Waals surface area contributed by atoms with Gasteiger partial charge in [0.2, 0.25) is 13.7 Å². The number of likely N-dealkylation sites (N-methyl/N-ethyl adjacent to an activating group) is 1. The van der Waals surface area contributed by atoms with Gasteiger partial charge in [-0.05, 0) is 25.9 Å². The summed E-state index contributed by atoms with van der Waals surface area (Å²) in [6.07, 6.45) is 1.16. The van der Waals surface area contributed by atoms with Crippen LogP contribution in [0.15, 0.2) is 0 Å². The van der Waals surface area contributed by atoms with Crippen molar-refractivity contribution in [2.75, 3.05) is 26.7 Å². The SMILES string of the molecule is [B]C(=O)OCCN(C)CCC(C)C. The minimum atomic E-state index is -0.697. The Kier molecular flexibility index (Phi) is 6.68. The van der Waals surface area contributed by atoms with Crippen molar-refractivity contribution < 1.29 is 9.53 Å². The predicted molar refractivity (Wildman–Crippen MR) is 54.1 cm³/mol. The van der Waals surface area contributed by atoms with Crippen LogP contribution in [-0.2, 0) is 4.74 Å². The average molecular weight is 183 g/mol. The number of rotatable bonds is 6. The molecule has 0 aliphatic rings. The summed E-state index contributed by atoms with van der Waals surface area (Å²) in [6, 6.07) is 0. The van der Waals surface area contributed by atoms with E-state index in [1.807, 2.05) is 7.05 Å². The number of hydrogen-bond donors (Lipinski definition) is 0. The molecule has 13 heavy (non-hydrogen) atoms. The van der Waals surface area contributed by atoms with Crippen molar-refractivity contribution >= 4 is 13.7 Å². The summed E-state index contributed by atoms with van der Waals surface area (Å²) in [5.74, 6) is 0.0109. The lowest BCUT2D eigenvalue weighted by Gasteiger charge is -2.17. The second-order valence-electron chi connectivity index (χ2n) is 3.65. The molecular formula is C9H18BNO2. The summed E-state index contributed by atoms with van der Waals surface area (Å²) in [7, 11) is 6.83. The lowest BCUT2D eigenvalue weighted by Crippen LogP contribution is -2.25. The molecule has 0 fully saturated rings. The van der Waals surface area contributed by atoms with Crippen LogP contribution in [-0.4, -0.2) is 45.4 Å². The van der Waals surface area contributed by atoms with E-state index in [4.69, 9.17) is 7.85 Å². The highest BCUT2D eigenvalue weighted by Gasteiger charge is 2.00. The zero-order valence-electron chi connectivity index (χ0n) is 8.75. The fraction of sp³-hybridized carbons (Fsp3) is 0.889. The summed E-state index contributed by atoms with van der Waals surface area (Å²) < 4.78 is 4.62. The molecule has 0 aliphatic heterocycles. The Balaban J connectivity index is 3.29. The van der Waals surface area contributed by atoms with Crippen LogP contribution in [0.4, 0.5) is 4.79 Å². The Morgan fingerprint density at radius 1 is 1.46 bits per heavy atom. The number of hydrogen-bond acceptors (Lipinski definition) is 3. The van der Waals surface area contributed by atoms with Gasteiger partial charge in [-0.2, -0.15) is 0 Å². The highest BCUT2D eigenvalue weighted by atomic mass is 16.5. The van der Waals surface area contributed by atoms with E-state index in [0.717, 1.165) is 19.5 Å². The van der Waals surface area contributed by atoms with Crippen LogP contribution >= 0.6 is 0 Å². The van der Waals surface area contributed by atoms with Crippen LogP contribution < -0.4 is 0 Å². The average Bonchev–Trinajstić information content (AvgIpc) is 2.00. The summed E-state index contributed by atoms with van der Waals surface area (Å²) in [6.45, 7) is 6.53. The van der Waals surface area contributed by atoms with E-state index in [1.165, 1.54) is 0 Å². The van der Waals surface area contributed by atoms with Crippen molar-refractivity contribution in [1.82, 2.24) is 4.90 Å². The molecule has 0 amide bonds. The first-order chi connectivity index (χ1) is 6.02. The van der Waals surface area contributed by atoms with Crippen LogP contribution in [0, 0.1) is 5.92 Å². The largest absolute Gasteiger partial charge is 0.473 e. The van der Waals surface area contributed by atoms with Gasteiger partial charge in [-0.1, -0.05) is 13.8 Å². The zero-order chi connectivity index (χ0) is 10.3. The van der Waals surface area contributed by atoms with Gasteiger partial charge < -0.3 is 9.64 Å². The van der Waals surface area contributed by atoms with Gasteiger partial charge in [0.15, 0.2) is 0 Å². The molecule has 0 aliphatic carbocycles. The Morgan fingerprint density at radius 3 is 2.54 bits per heavy atom. The Hall–Kier alpha value is -0.505. The molecule has 0 bridgehead atoms. The van der Waals surface area contributed by atoms with Crippen molar-refractivity contribution in [3.05, 3.63) is 0 Å². The lowest BCUT2D eigenvalue weighted by molar-refractivity contribution is 0.155. The van der Waals surface area contributed by atoms with E-state index in [2.05, 4.69) is 23.5 Å². The minimum Gasteiger partial charge on any atom is -0.473 e. The summed E-state index contributed by atoms with van der Waals surface area (Å²) in [5.41, 5.74) is 0. The van der Waals surface area contributed by atoms with E-state index < -0.39 is 5.87 Å². The van der Waals surface area contributed by atoms with E-state index in [9.17, 15) is 4.79 Å². The van der Waals surface area contributed by atoms with E-state index in [1.54, 1.807) is 0 Å². The third-order valence-electron chi connectivity index (χ3n) is 1.81. The van der Waals surface area contributed by atoms with Gasteiger partial charge in [0.05, 0.1) is 0 Å². The zero-order valence-corrected chi connectivity index (χ0v) is 8.75. The van der Waals surface area contributed by atoms with Crippen molar-refractivity contribution in [2.24, 2.45) is 5.92 Å². The smallest absolute Gasteiger partial charge is 0.235 e. The summed E-state index contributed by atoms with van der Waals surface area (Å²) in [5, 5.41) is 0. The Labute approximate surface area is 81.8 Å². The Bertz CT molecular complexity index is 151. The van der Waals surface area contributed by atoms with Gasteiger partial charge in [0.1, 0.15) is 6.61 Å². The molecule has 0 aromatic rings. The molecule has 2 radical (unpaired) electrons. The normalized spacial score (nSPS) is 10.8. The first-order valence-electron chi connectivity index (χ1n) is 4.63. The van der Waals surface area contributed by atoms with Crippen LogP contribution in [0.1, 0.15) is 20.3 Å². The molecule has 4 heteroatoms. The molecule has 0 aromatic carbocycles. The molecule has 0 unspecified atom stereocenters. The standard InChI is InChI=1S/C9H18BNO2/c1-8(2)4-5-11(3)6-7-13-9(10)12/h8H,4-7H2,1-3H3. The maximum absolute atomic E-state index is 10.2. The molecule has 0 spiro atoms. The van der Waals surface area contributed by atoms with Crippen LogP contribution in [0.2, 0.25) is 0 Å². The maximum atomic E-state index is 10.2. The number of carbonyl (C=O) groups is 1. The minimum absolute atomic E-state index is 0.379. The topological polar surface area (TPSA) is 29.5 Å². The number of carbonyl (C=O) groups excluding carboxylic acids is 1. The monoisotopic (exact) mass is 183 g/mol. The molecule has 0 saturated carbocycles. The lowest BCUT2D eigenvalue weighted by atomic mass is 10.1. The van der Waals surface area contributed by atoms with Gasteiger partial charge in [-0.15, -0.1) is 0 Å². The van der Waals surface area contributed by atoms with Gasteiger partial charge >= 0.3 is 0 Å².